The van der Waals surface area contributed by atoms with Gasteiger partial charge in [0.2, 0.25) is 0 Å². The predicted molar refractivity (Wildman–Crippen MR) is 75.9 cm³/mol. The van der Waals surface area contributed by atoms with E-state index in [1.54, 1.807) is 24.3 Å². The number of nitrogens with one attached hydrogen (secondary N) is 2. The van der Waals surface area contributed by atoms with E-state index in [1.165, 1.54) is 18.3 Å². The van der Waals surface area contributed by atoms with Gasteiger partial charge in [-0.1, -0.05) is 0 Å². The van der Waals surface area contributed by atoms with Crippen LogP contribution in [0.5, 0.6) is 11.5 Å². The van der Waals surface area contributed by atoms with Crippen LogP contribution in [-0.2, 0) is 0 Å². The van der Waals surface area contributed by atoms with Crippen LogP contribution >= 0.6 is 0 Å². The highest BCUT2D eigenvalue weighted by Crippen LogP contribution is 2.22. The van der Waals surface area contributed by atoms with Crippen LogP contribution in [0.25, 0.3) is 11.0 Å². The number of hydrogen-bond acceptors (Lipinski definition) is 4. The van der Waals surface area contributed by atoms with Crippen LogP contribution in [0.4, 0.5) is 5.69 Å². The summed E-state index contributed by atoms with van der Waals surface area (Å²) in [5, 5.41) is 18.8. The molecule has 0 spiro atoms. The molecule has 0 unspecified atom stereocenters. The number of aromatic hydroxyl groups is 2. The number of aromatic nitrogens is 2. The standard InChI is InChI=1S/C14H11N3O3/c18-10-3-1-8(13(19)6-10)7-15-9-2-4-11-12(5-9)17-14(20)16-11/h1-7,18-19H,(H2,16,17,20). The summed E-state index contributed by atoms with van der Waals surface area (Å²) in [5.41, 5.74) is 2.24. The lowest BCUT2D eigenvalue weighted by molar-refractivity contribution is 0.450. The Morgan fingerprint density at radius 1 is 1.00 bits per heavy atom. The molecule has 3 rings (SSSR count). The number of aliphatic imine (C=N–C) groups is 1. The molecule has 100 valence electrons. The third kappa shape index (κ3) is 2.26. The number of aromatic amines is 2. The number of imidazole rings is 1. The number of rotatable bonds is 2. The van der Waals surface area contributed by atoms with E-state index in [9.17, 15) is 15.0 Å². The molecule has 0 atom stereocenters. The number of hydrogen-bond donors (Lipinski definition) is 4. The molecule has 0 saturated heterocycles. The maximum atomic E-state index is 11.1. The lowest BCUT2D eigenvalue weighted by atomic mass is 10.2. The molecule has 2 aromatic carbocycles. The van der Waals surface area contributed by atoms with Crippen LogP contribution in [0.15, 0.2) is 46.2 Å². The second-order valence-corrected chi connectivity index (χ2v) is 4.31. The van der Waals surface area contributed by atoms with Crippen molar-refractivity contribution in [2.45, 2.75) is 0 Å². The van der Waals surface area contributed by atoms with Gasteiger partial charge in [0.1, 0.15) is 11.5 Å². The number of H-pyrrole nitrogens is 2. The molecular formula is C14H11N3O3. The molecule has 1 aromatic heterocycles. The van der Waals surface area contributed by atoms with Crippen molar-refractivity contribution in [1.82, 2.24) is 9.97 Å². The highest BCUT2D eigenvalue weighted by molar-refractivity contribution is 5.87. The van der Waals surface area contributed by atoms with Crippen molar-refractivity contribution < 1.29 is 10.2 Å². The van der Waals surface area contributed by atoms with E-state index in [0.29, 0.717) is 22.3 Å². The van der Waals surface area contributed by atoms with Crippen molar-refractivity contribution in [3.63, 3.8) is 0 Å². The number of benzene rings is 2. The molecule has 6 heteroatoms. The third-order valence-electron chi connectivity index (χ3n) is 2.87. The minimum Gasteiger partial charge on any atom is -0.508 e. The van der Waals surface area contributed by atoms with Crippen molar-refractivity contribution in [3.8, 4) is 11.5 Å². The molecule has 0 radical (unpaired) electrons. The smallest absolute Gasteiger partial charge is 0.323 e. The molecule has 0 bridgehead atoms. The summed E-state index contributed by atoms with van der Waals surface area (Å²) in [4.78, 5) is 20.7. The maximum Gasteiger partial charge on any atom is 0.323 e. The summed E-state index contributed by atoms with van der Waals surface area (Å²) in [6.07, 6.45) is 1.49. The van der Waals surface area contributed by atoms with Crippen molar-refractivity contribution in [2.75, 3.05) is 0 Å². The lowest BCUT2D eigenvalue weighted by Crippen LogP contribution is -1.99. The molecule has 3 aromatic rings. The van der Waals surface area contributed by atoms with E-state index >= 15 is 0 Å². The molecule has 1 heterocycles. The monoisotopic (exact) mass is 269 g/mol. The Morgan fingerprint density at radius 2 is 1.80 bits per heavy atom. The Morgan fingerprint density at radius 3 is 2.60 bits per heavy atom. The zero-order valence-electron chi connectivity index (χ0n) is 10.3. The Hall–Kier alpha value is -3.02. The fourth-order valence-electron chi connectivity index (χ4n) is 1.89. The molecular weight excluding hydrogens is 258 g/mol. The average molecular weight is 269 g/mol. The first-order valence-corrected chi connectivity index (χ1v) is 5.90. The van der Waals surface area contributed by atoms with Gasteiger partial charge in [0.05, 0.1) is 16.7 Å². The fourth-order valence-corrected chi connectivity index (χ4v) is 1.89. The normalized spacial score (nSPS) is 11.4. The van der Waals surface area contributed by atoms with Gasteiger partial charge in [-0.05, 0) is 30.3 Å². The van der Waals surface area contributed by atoms with Crippen LogP contribution < -0.4 is 5.69 Å². The Bertz CT molecular complexity index is 861. The summed E-state index contributed by atoms with van der Waals surface area (Å²) in [7, 11) is 0. The van der Waals surface area contributed by atoms with Gasteiger partial charge in [0.25, 0.3) is 0 Å². The van der Waals surface area contributed by atoms with E-state index in [0.717, 1.165) is 0 Å². The molecule has 0 aliphatic heterocycles. The van der Waals surface area contributed by atoms with E-state index in [4.69, 9.17) is 0 Å². The van der Waals surface area contributed by atoms with Gasteiger partial charge < -0.3 is 20.2 Å². The second-order valence-electron chi connectivity index (χ2n) is 4.31. The van der Waals surface area contributed by atoms with E-state index in [1.807, 2.05) is 0 Å². The molecule has 0 aliphatic carbocycles. The first-order chi connectivity index (χ1) is 9.61. The van der Waals surface area contributed by atoms with E-state index < -0.39 is 0 Å². The van der Waals surface area contributed by atoms with Gasteiger partial charge in [-0.3, -0.25) is 4.99 Å². The van der Waals surface area contributed by atoms with Gasteiger partial charge in [-0.15, -0.1) is 0 Å². The van der Waals surface area contributed by atoms with Crippen LogP contribution in [-0.4, -0.2) is 26.4 Å². The summed E-state index contributed by atoms with van der Waals surface area (Å²) in [6.45, 7) is 0. The van der Waals surface area contributed by atoms with Gasteiger partial charge >= 0.3 is 5.69 Å². The van der Waals surface area contributed by atoms with Crippen molar-refractivity contribution in [2.24, 2.45) is 4.99 Å². The van der Waals surface area contributed by atoms with Crippen LogP contribution in [0.3, 0.4) is 0 Å². The summed E-state index contributed by atoms with van der Waals surface area (Å²) >= 11 is 0. The predicted octanol–water partition coefficient (Wildman–Crippen LogP) is 2.02. The first-order valence-electron chi connectivity index (χ1n) is 5.90. The second kappa shape index (κ2) is 4.58. The quantitative estimate of drug-likeness (QED) is 0.535. The molecule has 4 N–H and O–H groups in total. The zero-order chi connectivity index (χ0) is 14.1. The van der Waals surface area contributed by atoms with Crippen molar-refractivity contribution >= 4 is 22.9 Å². The highest BCUT2D eigenvalue weighted by Gasteiger charge is 2.01. The van der Waals surface area contributed by atoms with Crippen LogP contribution in [0.1, 0.15) is 5.56 Å². The van der Waals surface area contributed by atoms with Gasteiger partial charge in [-0.25, -0.2) is 4.79 Å². The van der Waals surface area contributed by atoms with E-state index in [2.05, 4.69) is 15.0 Å². The Kier molecular flexibility index (Phi) is 2.76. The van der Waals surface area contributed by atoms with Crippen LogP contribution in [0, 0.1) is 0 Å². The van der Waals surface area contributed by atoms with Gasteiger partial charge in [-0.2, -0.15) is 0 Å². The minimum absolute atomic E-state index is 0.00836. The Balaban J connectivity index is 1.95. The average Bonchev–Trinajstić information content (AvgIpc) is 2.77. The summed E-state index contributed by atoms with van der Waals surface area (Å²) in [6, 6.07) is 9.49. The summed E-state index contributed by atoms with van der Waals surface area (Å²) in [5.74, 6) is -0.0594. The molecule has 0 amide bonds. The fraction of sp³-hybridized carbons (Fsp3) is 0. The van der Waals surface area contributed by atoms with E-state index in [-0.39, 0.29) is 17.2 Å². The van der Waals surface area contributed by atoms with Crippen molar-refractivity contribution in [1.29, 1.82) is 0 Å². The summed E-state index contributed by atoms with van der Waals surface area (Å²) < 4.78 is 0. The number of nitrogens with zero attached hydrogens (tertiary/aromatic N) is 1. The molecule has 20 heavy (non-hydrogen) atoms. The first kappa shape index (κ1) is 12.0. The highest BCUT2D eigenvalue weighted by atomic mass is 16.3. The molecule has 6 nitrogen and oxygen atoms in total. The maximum absolute atomic E-state index is 11.1. The zero-order valence-corrected chi connectivity index (χ0v) is 10.3. The lowest BCUT2D eigenvalue weighted by Gasteiger charge is -1.99. The SMILES string of the molecule is O=c1[nH]c2ccc(N=Cc3ccc(O)cc3O)cc2[nH]1. The minimum atomic E-state index is -0.266. The third-order valence-corrected chi connectivity index (χ3v) is 2.87. The topological polar surface area (TPSA) is 101 Å². The van der Waals surface area contributed by atoms with Crippen LogP contribution in [0.2, 0.25) is 0 Å². The largest absolute Gasteiger partial charge is 0.508 e. The molecule has 0 saturated carbocycles. The number of fused-ring (bicyclic) bond motifs is 1. The molecule has 0 fully saturated rings. The molecule has 0 aliphatic rings. The van der Waals surface area contributed by atoms with Gasteiger partial charge in [0, 0.05) is 17.8 Å². The Labute approximate surface area is 113 Å². The van der Waals surface area contributed by atoms with Crippen molar-refractivity contribution in [3.05, 3.63) is 52.4 Å². The van der Waals surface area contributed by atoms with Gasteiger partial charge in [0.15, 0.2) is 0 Å². The number of phenols is 2. The number of phenolic OH excluding ortho intramolecular Hbond substituents is 2.